The van der Waals surface area contributed by atoms with Crippen LogP contribution < -0.4 is 9.64 Å². The van der Waals surface area contributed by atoms with E-state index in [2.05, 4.69) is 4.98 Å². The van der Waals surface area contributed by atoms with Gasteiger partial charge in [0.2, 0.25) is 0 Å². The van der Waals surface area contributed by atoms with Crippen LogP contribution in [0.1, 0.15) is 67.1 Å². The Labute approximate surface area is 248 Å². The summed E-state index contributed by atoms with van der Waals surface area (Å²) in [6.07, 6.45) is 4.27. The number of carboxylic acid groups (broad SMARTS) is 1. The molecule has 2 aliphatic rings. The zero-order valence-corrected chi connectivity index (χ0v) is 24.1. The number of benzene rings is 2. The molecule has 1 aliphatic heterocycles. The molecule has 3 heterocycles. The molecule has 1 unspecified atom stereocenters. The van der Waals surface area contributed by atoms with Crippen molar-refractivity contribution < 1.29 is 27.8 Å². The van der Waals surface area contributed by atoms with Gasteiger partial charge in [0.25, 0.3) is 5.92 Å². The molecule has 6 rings (SSSR count). The van der Waals surface area contributed by atoms with Gasteiger partial charge in [-0.25, -0.2) is 18.2 Å². The molecule has 1 aliphatic carbocycles. The van der Waals surface area contributed by atoms with E-state index in [1.807, 2.05) is 41.8 Å². The summed E-state index contributed by atoms with van der Waals surface area (Å²) in [6.45, 7) is 2.72. The van der Waals surface area contributed by atoms with Crippen molar-refractivity contribution in [2.45, 2.75) is 70.4 Å². The van der Waals surface area contributed by atoms with Crippen molar-refractivity contribution in [1.82, 2.24) is 14.5 Å². The molecule has 226 valence electrons. The van der Waals surface area contributed by atoms with E-state index >= 15 is 4.39 Å². The normalized spacial score (nSPS) is 20.3. The predicted molar refractivity (Wildman–Crippen MR) is 157 cm³/mol. The molecule has 43 heavy (non-hydrogen) atoms. The summed E-state index contributed by atoms with van der Waals surface area (Å²) in [7, 11) is 0. The molecule has 0 radical (unpaired) electrons. The third-order valence-electron chi connectivity index (χ3n) is 8.75. The zero-order chi connectivity index (χ0) is 30.1. The van der Waals surface area contributed by atoms with E-state index in [4.69, 9.17) is 9.72 Å². The monoisotopic (exact) mass is 592 g/mol. The molecule has 2 fully saturated rings. The van der Waals surface area contributed by atoms with Crippen LogP contribution in [0.25, 0.3) is 11.0 Å². The number of ether oxygens (including phenoxy) is 1. The van der Waals surface area contributed by atoms with Crippen LogP contribution in [-0.4, -0.2) is 44.6 Å². The Kier molecular flexibility index (Phi) is 8.03. The predicted octanol–water partition coefficient (Wildman–Crippen LogP) is 7.10. The fourth-order valence-corrected chi connectivity index (χ4v) is 6.26. The highest BCUT2D eigenvalue weighted by molar-refractivity contribution is 5.79. The molecule has 7 nitrogen and oxygen atoms in total. The van der Waals surface area contributed by atoms with Crippen molar-refractivity contribution in [1.29, 1.82) is 0 Å². The summed E-state index contributed by atoms with van der Waals surface area (Å²) in [5.74, 6) is -3.63. The number of hydrogen-bond donors (Lipinski definition) is 1. The number of aliphatic carboxylic acids is 1. The first-order chi connectivity index (χ1) is 20.7. The van der Waals surface area contributed by atoms with Crippen molar-refractivity contribution >= 4 is 22.7 Å². The summed E-state index contributed by atoms with van der Waals surface area (Å²) >= 11 is 0. The smallest absolute Gasteiger partial charge is 0.307 e. The van der Waals surface area contributed by atoms with Crippen LogP contribution in [0, 0.1) is 18.7 Å². The maximum atomic E-state index is 15.6. The number of fused-ring (bicyclic) bond motifs is 1. The van der Waals surface area contributed by atoms with Crippen molar-refractivity contribution in [3.05, 3.63) is 83.2 Å². The van der Waals surface area contributed by atoms with E-state index < -0.39 is 23.6 Å². The van der Waals surface area contributed by atoms with Gasteiger partial charge in [-0.2, -0.15) is 0 Å². The first kappa shape index (κ1) is 29.0. The Bertz CT molecular complexity index is 1610. The van der Waals surface area contributed by atoms with Gasteiger partial charge in [-0.1, -0.05) is 25.0 Å². The first-order valence-corrected chi connectivity index (χ1v) is 14.9. The number of hydrogen-bond acceptors (Lipinski definition) is 5. The van der Waals surface area contributed by atoms with Crippen LogP contribution in [0.4, 0.5) is 18.9 Å². The van der Waals surface area contributed by atoms with E-state index in [0.717, 1.165) is 29.6 Å². The van der Waals surface area contributed by atoms with E-state index in [1.165, 1.54) is 6.07 Å². The third-order valence-corrected chi connectivity index (χ3v) is 8.75. The van der Waals surface area contributed by atoms with Crippen LogP contribution in [0.5, 0.6) is 5.75 Å². The number of rotatable bonds is 8. The molecule has 4 aromatic rings. The summed E-state index contributed by atoms with van der Waals surface area (Å²) in [5.41, 5.74) is 4.22. The van der Waals surface area contributed by atoms with E-state index in [-0.39, 0.29) is 45.0 Å². The largest absolute Gasteiger partial charge is 0.487 e. The van der Waals surface area contributed by atoms with Gasteiger partial charge in [-0.3, -0.25) is 9.78 Å². The van der Waals surface area contributed by atoms with Gasteiger partial charge in [-0.05, 0) is 55.7 Å². The number of piperidine rings is 1. The SMILES string of the molecule is Cc1ccc(COc2ccc3nc(C4CCCC[C@@H]4C(=O)O)n(Cc4ccc(N5CCC(F)(F)CC5)cc4F)c3c2)nc1. The minimum Gasteiger partial charge on any atom is -0.487 e. The lowest BCUT2D eigenvalue weighted by atomic mass is 9.78. The summed E-state index contributed by atoms with van der Waals surface area (Å²) in [6, 6.07) is 14.3. The summed E-state index contributed by atoms with van der Waals surface area (Å²) in [4.78, 5) is 23.3. The molecule has 2 aromatic carbocycles. The van der Waals surface area contributed by atoms with Gasteiger partial charge in [0.1, 0.15) is 24.0 Å². The molecule has 0 bridgehead atoms. The Morgan fingerprint density at radius 1 is 1.07 bits per heavy atom. The van der Waals surface area contributed by atoms with Gasteiger partial charge in [0, 0.05) is 55.4 Å². The molecule has 0 spiro atoms. The second kappa shape index (κ2) is 11.9. The first-order valence-electron chi connectivity index (χ1n) is 14.9. The zero-order valence-electron chi connectivity index (χ0n) is 24.1. The number of carboxylic acids is 1. The van der Waals surface area contributed by atoms with Crippen LogP contribution >= 0.6 is 0 Å². The minimum absolute atomic E-state index is 0.141. The van der Waals surface area contributed by atoms with Gasteiger partial charge < -0.3 is 19.3 Å². The average molecular weight is 593 g/mol. The molecular weight excluding hydrogens is 557 g/mol. The Morgan fingerprint density at radius 3 is 2.58 bits per heavy atom. The fraction of sp³-hybridized carbons (Fsp3) is 0.424. The van der Waals surface area contributed by atoms with E-state index in [9.17, 15) is 18.7 Å². The average Bonchev–Trinajstić information content (AvgIpc) is 3.35. The fourth-order valence-electron chi connectivity index (χ4n) is 6.26. The molecule has 2 atom stereocenters. The van der Waals surface area contributed by atoms with Gasteiger partial charge in [-0.15, -0.1) is 0 Å². The minimum atomic E-state index is -2.68. The number of aryl methyl sites for hydroxylation is 1. The van der Waals surface area contributed by atoms with Crippen molar-refractivity contribution in [3.63, 3.8) is 0 Å². The van der Waals surface area contributed by atoms with E-state index in [1.54, 1.807) is 23.2 Å². The molecule has 1 saturated heterocycles. The van der Waals surface area contributed by atoms with Crippen LogP contribution in [0.3, 0.4) is 0 Å². The standard InChI is InChI=1S/C33H35F3N4O3/c1-21-6-8-23(37-18-21)20-43-25-10-11-29-30(17-25)40(31(38-29)26-4-2-3-5-27(26)32(41)42)19-22-7-9-24(16-28(22)34)39-14-12-33(35,36)13-15-39/h6-11,16-18,26-27H,2-5,12-15,19-20H2,1H3,(H,41,42)/t26?,27-/m0/s1. The van der Waals surface area contributed by atoms with Gasteiger partial charge >= 0.3 is 5.97 Å². The van der Waals surface area contributed by atoms with Gasteiger partial charge in [0.05, 0.1) is 29.2 Å². The molecule has 10 heteroatoms. The number of halogens is 3. The second-order valence-electron chi connectivity index (χ2n) is 11.8. The highest BCUT2D eigenvalue weighted by Crippen LogP contribution is 2.40. The lowest BCUT2D eigenvalue weighted by Gasteiger charge is -2.33. The lowest BCUT2D eigenvalue weighted by molar-refractivity contribution is -0.143. The van der Waals surface area contributed by atoms with Crippen LogP contribution in [0.15, 0.2) is 54.7 Å². The molecular formula is C33H35F3N4O3. The number of nitrogens with zero attached hydrogens (tertiary/aromatic N) is 4. The van der Waals surface area contributed by atoms with Crippen LogP contribution in [0.2, 0.25) is 0 Å². The Hall–Kier alpha value is -4.08. The van der Waals surface area contributed by atoms with Crippen LogP contribution in [-0.2, 0) is 17.9 Å². The molecule has 1 saturated carbocycles. The molecule has 2 aromatic heterocycles. The topological polar surface area (TPSA) is 80.5 Å². The number of imidazole rings is 1. The number of aromatic nitrogens is 3. The summed E-state index contributed by atoms with van der Waals surface area (Å²) < 4.78 is 50.9. The molecule has 0 amide bonds. The highest BCUT2D eigenvalue weighted by Gasteiger charge is 2.36. The lowest BCUT2D eigenvalue weighted by Crippen LogP contribution is -2.39. The Morgan fingerprint density at radius 2 is 1.86 bits per heavy atom. The number of pyridine rings is 1. The van der Waals surface area contributed by atoms with Gasteiger partial charge in [0.15, 0.2) is 0 Å². The Balaban J connectivity index is 1.33. The van der Waals surface area contributed by atoms with E-state index in [0.29, 0.717) is 41.2 Å². The molecule has 1 N–H and O–H groups in total. The maximum absolute atomic E-state index is 15.6. The summed E-state index contributed by atoms with van der Waals surface area (Å²) in [5, 5.41) is 10.0. The number of carbonyl (C=O) groups is 1. The number of alkyl halides is 2. The second-order valence-corrected chi connectivity index (χ2v) is 11.8. The van der Waals surface area contributed by atoms with Crippen molar-refractivity contribution in [2.75, 3.05) is 18.0 Å². The van der Waals surface area contributed by atoms with Crippen molar-refractivity contribution in [2.24, 2.45) is 5.92 Å². The third kappa shape index (κ3) is 6.33. The number of anilines is 1. The van der Waals surface area contributed by atoms with Crippen molar-refractivity contribution in [3.8, 4) is 5.75 Å². The highest BCUT2D eigenvalue weighted by atomic mass is 19.3. The quantitative estimate of drug-likeness (QED) is 0.235. The maximum Gasteiger partial charge on any atom is 0.307 e.